The summed E-state index contributed by atoms with van der Waals surface area (Å²) in [5.41, 5.74) is -0.360. The molecule has 0 saturated heterocycles. The number of rotatable bonds is 5. The van der Waals surface area contributed by atoms with Crippen molar-refractivity contribution < 1.29 is 14.8 Å². The lowest BCUT2D eigenvalue weighted by molar-refractivity contribution is -0.384. The summed E-state index contributed by atoms with van der Waals surface area (Å²) in [5.74, 6) is -0.545. The van der Waals surface area contributed by atoms with Crippen LogP contribution in [-0.4, -0.2) is 28.6 Å². The number of benzene rings is 1. The van der Waals surface area contributed by atoms with Crippen molar-refractivity contribution in [2.24, 2.45) is 5.41 Å². The van der Waals surface area contributed by atoms with Gasteiger partial charge in [-0.2, -0.15) is 0 Å². The summed E-state index contributed by atoms with van der Waals surface area (Å²) in [7, 11) is 0. The molecular weight excluding hydrogens is 296 g/mol. The first-order chi connectivity index (χ1) is 9.61. The number of aliphatic hydroxyl groups is 1. The zero-order chi connectivity index (χ0) is 16.2. The Morgan fingerprint density at radius 2 is 2.10 bits per heavy atom. The van der Waals surface area contributed by atoms with Gasteiger partial charge in [0.05, 0.1) is 16.6 Å². The number of hydrogen-bond donors (Lipinski definition) is 2. The Labute approximate surface area is 128 Å². The summed E-state index contributed by atoms with van der Waals surface area (Å²) in [6.07, 6.45) is -0.165. The van der Waals surface area contributed by atoms with Crippen LogP contribution in [0.2, 0.25) is 5.02 Å². The first-order valence-corrected chi connectivity index (χ1v) is 6.89. The number of carbonyl (C=O) groups is 1. The third-order valence-electron chi connectivity index (χ3n) is 2.77. The van der Waals surface area contributed by atoms with Crippen LogP contribution in [0.4, 0.5) is 5.69 Å². The van der Waals surface area contributed by atoms with Gasteiger partial charge in [0.1, 0.15) is 5.02 Å². The highest BCUT2D eigenvalue weighted by molar-refractivity contribution is 6.35. The maximum atomic E-state index is 12.0. The monoisotopic (exact) mass is 314 g/mol. The van der Waals surface area contributed by atoms with Crippen molar-refractivity contribution in [3.05, 3.63) is 38.9 Å². The number of hydrogen-bond acceptors (Lipinski definition) is 4. The lowest BCUT2D eigenvalue weighted by atomic mass is 9.89. The average Bonchev–Trinajstić information content (AvgIpc) is 2.33. The fourth-order valence-corrected chi connectivity index (χ4v) is 2.20. The minimum Gasteiger partial charge on any atom is -0.391 e. The SMILES string of the molecule is CC(C)(C)CC(O)CNC(=O)c1cccc([N+](=O)[O-])c1Cl. The molecule has 6 nitrogen and oxygen atoms in total. The molecule has 1 amide bonds. The summed E-state index contributed by atoms with van der Waals surface area (Å²) in [6, 6.07) is 4.03. The van der Waals surface area contributed by atoms with Crippen molar-refractivity contribution >= 4 is 23.2 Å². The minimum atomic E-state index is -0.688. The van der Waals surface area contributed by atoms with Crippen LogP contribution in [-0.2, 0) is 0 Å². The van der Waals surface area contributed by atoms with Gasteiger partial charge in [0.2, 0.25) is 0 Å². The molecule has 0 aliphatic carbocycles. The van der Waals surface area contributed by atoms with E-state index in [-0.39, 0.29) is 28.2 Å². The van der Waals surface area contributed by atoms with Crippen LogP contribution in [0.25, 0.3) is 0 Å². The number of nitrogens with one attached hydrogen (secondary N) is 1. The standard InChI is InChI=1S/C14H19ClN2O4/c1-14(2,3)7-9(18)8-16-13(19)10-5-4-6-11(12(10)15)17(20)21/h4-6,9,18H,7-8H2,1-3H3,(H,16,19). The Morgan fingerprint density at radius 3 is 2.62 bits per heavy atom. The second-order valence-electron chi connectivity index (χ2n) is 6.02. The Morgan fingerprint density at radius 1 is 1.48 bits per heavy atom. The summed E-state index contributed by atoms with van der Waals surface area (Å²) < 4.78 is 0. The molecule has 0 bridgehead atoms. The second-order valence-corrected chi connectivity index (χ2v) is 6.40. The van der Waals surface area contributed by atoms with Crippen molar-refractivity contribution in [3.63, 3.8) is 0 Å². The zero-order valence-electron chi connectivity index (χ0n) is 12.2. The molecule has 0 fully saturated rings. The lowest BCUT2D eigenvalue weighted by Crippen LogP contribution is -2.34. The fourth-order valence-electron chi connectivity index (χ4n) is 1.92. The lowest BCUT2D eigenvalue weighted by Gasteiger charge is -2.22. The average molecular weight is 315 g/mol. The smallest absolute Gasteiger partial charge is 0.288 e. The maximum Gasteiger partial charge on any atom is 0.288 e. The van der Waals surface area contributed by atoms with E-state index in [0.29, 0.717) is 6.42 Å². The third-order valence-corrected chi connectivity index (χ3v) is 3.16. The van der Waals surface area contributed by atoms with Gasteiger partial charge in [-0.3, -0.25) is 14.9 Å². The second kappa shape index (κ2) is 6.87. The van der Waals surface area contributed by atoms with E-state index in [1.54, 1.807) is 0 Å². The summed E-state index contributed by atoms with van der Waals surface area (Å²) in [4.78, 5) is 22.1. The third kappa shape index (κ3) is 5.32. The highest BCUT2D eigenvalue weighted by atomic mass is 35.5. The Hall–Kier alpha value is -1.66. The Kier molecular flexibility index (Phi) is 5.69. The zero-order valence-corrected chi connectivity index (χ0v) is 13.0. The molecule has 1 aromatic carbocycles. The number of aliphatic hydroxyl groups excluding tert-OH is 1. The molecule has 1 rings (SSSR count). The van der Waals surface area contributed by atoms with E-state index in [9.17, 15) is 20.0 Å². The van der Waals surface area contributed by atoms with Crippen molar-refractivity contribution in [2.45, 2.75) is 33.3 Å². The van der Waals surface area contributed by atoms with Gasteiger partial charge in [-0.1, -0.05) is 38.4 Å². The molecule has 0 heterocycles. The highest BCUT2D eigenvalue weighted by Crippen LogP contribution is 2.27. The van der Waals surface area contributed by atoms with Gasteiger partial charge in [0, 0.05) is 12.6 Å². The molecule has 1 unspecified atom stereocenters. The maximum absolute atomic E-state index is 12.0. The molecule has 0 spiro atoms. The number of nitro groups is 1. The van der Waals surface area contributed by atoms with Crippen LogP contribution in [0.15, 0.2) is 18.2 Å². The van der Waals surface area contributed by atoms with Crippen molar-refractivity contribution in [1.82, 2.24) is 5.32 Å². The molecule has 0 saturated carbocycles. The predicted molar refractivity (Wildman–Crippen MR) is 80.5 cm³/mol. The Bertz CT molecular complexity index is 540. The van der Waals surface area contributed by atoms with Crippen LogP contribution in [0.5, 0.6) is 0 Å². The number of nitro benzene ring substituents is 1. The normalized spacial score (nSPS) is 12.8. The van der Waals surface area contributed by atoms with Gasteiger partial charge in [-0.05, 0) is 17.9 Å². The molecule has 116 valence electrons. The van der Waals surface area contributed by atoms with E-state index in [1.807, 2.05) is 20.8 Å². The molecule has 2 N–H and O–H groups in total. The minimum absolute atomic E-state index is 0.0221. The van der Waals surface area contributed by atoms with Crippen molar-refractivity contribution in [1.29, 1.82) is 0 Å². The topological polar surface area (TPSA) is 92.5 Å². The van der Waals surface area contributed by atoms with Crippen LogP contribution in [0, 0.1) is 15.5 Å². The van der Waals surface area contributed by atoms with E-state index in [4.69, 9.17) is 11.6 Å². The summed E-state index contributed by atoms with van der Waals surface area (Å²) >= 11 is 5.86. The van der Waals surface area contributed by atoms with E-state index < -0.39 is 16.9 Å². The van der Waals surface area contributed by atoms with E-state index >= 15 is 0 Å². The predicted octanol–water partition coefficient (Wildman–Crippen LogP) is 2.78. The first kappa shape index (κ1) is 17.4. The van der Waals surface area contributed by atoms with Crippen LogP contribution in [0.3, 0.4) is 0 Å². The molecule has 21 heavy (non-hydrogen) atoms. The largest absolute Gasteiger partial charge is 0.391 e. The molecule has 0 aliphatic rings. The summed E-state index contributed by atoms with van der Waals surface area (Å²) in [6.45, 7) is 6.01. The fraction of sp³-hybridized carbons (Fsp3) is 0.500. The van der Waals surface area contributed by atoms with E-state index in [0.717, 1.165) is 0 Å². The molecule has 1 atom stereocenters. The first-order valence-electron chi connectivity index (χ1n) is 6.51. The van der Waals surface area contributed by atoms with Gasteiger partial charge in [0.15, 0.2) is 0 Å². The van der Waals surface area contributed by atoms with Crippen LogP contribution in [0.1, 0.15) is 37.6 Å². The van der Waals surface area contributed by atoms with Crippen molar-refractivity contribution in [2.75, 3.05) is 6.54 Å². The Balaban J connectivity index is 2.73. The molecular formula is C14H19ClN2O4. The molecule has 0 radical (unpaired) electrons. The van der Waals surface area contributed by atoms with Crippen LogP contribution < -0.4 is 5.32 Å². The highest BCUT2D eigenvalue weighted by Gasteiger charge is 2.21. The van der Waals surface area contributed by atoms with Gasteiger partial charge in [0.25, 0.3) is 11.6 Å². The molecule has 7 heteroatoms. The van der Waals surface area contributed by atoms with E-state index in [1.165, 1.54) is 18.2 Å². The van der Waals surface area contributed by atoms with Gasteiger partial charge in [-0.25, -0.2) is 0 Å². The van der Waals surface area contributed by atoms with Crippen molar-refractivity contribution in [3.8, 4) is 0 Å². The molecule has 0 aromatic heterocycles. The number of halogens is 1. The quantitative estimate of drug-likeness (QED) is 0.645. The molecule has 0 aliphatic heterocycles. The van der Waals surface area contributed by atoms with Gasteiger partial charge < -0.3 is 10.4 Å². The van der Waals surface area contributed by atoms with E-state index in [2.05, 4.69) is 5.32 Å². The van der Waals surface area contributed by atoms with Gasteiger partial charge in [-0.15, -0.1) is 0 Å². The van der Waals surface area contributed by atoms with Crippen LogP contribution >= 0.6 is 11.6 Å². The molecule has 1 aromatic rings. The number of amides is 1. The number of nitrogens with zero attached hydrogens (tertiary/aromatic N) is 1. The number of carbonyl (C=O) groups excluding carboxylic acids is 1. The van der Waals surface area contributed by atoms with Gasteiger partial charge >= 0.3 is 0 Å². The summed E-state index contributed by atoms with van der Waals surface area (Å²) in [5, 5.41) is 22.9.